The Labute approximate surface area is 94.5 Å². The highest BCUT2D eigenvalue weighted by Gasteiger charge is 2.07. The maximum atomic E-state index is 5.42. The van der Waals surface area contributed by atoms with E-state index in [-0.39, 0.29) is 0 Å². The van der Waals surface area contributed by atoms with Crippen LogP contribution in [-0.2, 0) is 12.8 Å². The molecule has 0 saturated heterocycles. The lowest BCUT2D eigenvalue weighted by Gasteiger charge is -1.96. The molecule has 0 spiro atoms. The molecule has 2 rings (SSSR count). The Kier molecular flexibility index (Phi) is 3.31. The summed E-state index contributed by atoms with van der Waals surface area (Å²) in [6.45, 7) is 2.66. The normalized spacial score (nSPS) is 10.6. The molecule has 0 radical (unpaired) electrons. The number of aromatic nitrogens is 2. The fraction of sp³-hybridized carbons (Fsp3) is 0.333. The zero-order valence-corrected chi connectivity index (χ0v) is 9.31. The molecule has 0 aliphatic heterocycles. The fourth-order valence-corrected chi connectivity index (χ4v) is 1.48. The highest BCUT2D eigenvalue weighted by molar-refractivity contribution is 5.53. The van der Waals surface area contributed by atoms with E-state index in [4.69, 9.17) is 10.3 Å². The molecule has 0 amide bonds. The van der Waals surface area contributed by atoms with Gasteiger partial charge in [-0.2, -0.15) is 4.98 Å². The summed E-state index contributed by atoms with van der Waals surface area (Å²) >= 11 is 0. The van der Waals surface area contributed by atoms with Gasteiger partial charge in [-0.3, -0.25) is 0 Å². The monoisotopic (exact) mass is 217 g/mol. The lowest BCUT2D eigenvalue weighted by Crippen LogP contribution is -2.03. The van der Waals surface area contributed by atoms with Gasteiger partial charge in [0.2, 0.25) is 0 Å². The van der Waals surface area contributed by atoms with E-state index in [2.05, 4.69) is 29.2 Å². The van der Waals surface area contributed by atoms with Crippen molar-refractivity contribution >= 4 is 0 Å². The summed E-state index contributed by atoms with van der Waals surface area (Å²) in [4.78, 5) is 4.27. The Morgan fingerprint density at radius 2 is 2.00 bits per heavy atom. The minimum atomic E-state index is 0.535. The highest BCUT2D eigenvalue weighted by Crippen LogP contribution is 2.17. The second-order valence-corrected chi connectivity index (χ2v) is 3.60. The van der Waals surface area contributed by atoms with E-state index >= 15 is 0 Å². The van der Waals surface area contributed by atoms with Crippen LogP contribution in [0.3, 0.4) is 0 Å². The van der Waals surface area contributed by atoms with E-state index in [1.807, 2.05) is 12.1 Å². The number of hydrogen-bond donors (Lipinski definition) is 1. The van der Waals surface area contributed by atoms with E-state index in [9.17, 15) is 0 Å². The summed E-state index contributed by atoms with van der Waals surface area (Å²) in [5.74, 6) is 1.23. The van der Waals surface area contributed by atoms with Gasteiger partial charge in [-0.05, 0) is 30.7 Å². The number of rotatable bonds is 4. The van der Waals surface area contributed by atoms with Crippen LogP contribution in [0.25, 0.3) is 11.5 Å². The van der Waals surface area contributed by atoms with Crippen molar-refractivity contribution in [1.29, 1.82) is 0 Å². The van der Waals surface area contributed by atoms with Crippen molar-refractivity contribution in [2.45, 2.75) is 19.8 Å². The third-order valence-electron chi connectivity index (χ3n) is 2.45. The molecule has 2 N–H and O–H groups in total. The van der Waals surface area contributed by atoms with Gasteiger partial charge >= 0.3 is 0 Å². The van der Waals surface area contributed by atoms with E-state index in [0.29, 0.717) is 24.7 Å². The summed E-state index contributed by atoms with van der Waals surface area (Å²) in [7, 11) is 0. The van der Waals surface area contributed by atoms with Crippen molar-refractivity contribution in [2.75, 3.05) is 6.54 Å². The van der Waals surface area contributed by atoms with Crippen LogP contribution in [0, 0.1) is 0 Å². The summed E-state index contributed by atoms with van der Waals surface area (Å²) in [5, 5.41) is 3.86. The second kappa shape index (κ2) is 4.90. The molecular weight excluding hydrogens is 202 g/mol. The van der Waals surface area contributed by atoms with Gasteiger partial charge < -0.3 is 10.3 Å². The molecule has 0 aliphatic carbocycles. The number of nitrogens with two attached hydrogens (primary N) is 1. The van der Waals surface area contributed by atoms with Gasteiger partial charge in [-0.25, -0.2) is 0 Å². The average Bonchev–Trinajstić information content (AvgIpc) is 2.78. The second-order valence-electron chi connectivity index (χ2n) is 3.60. The summed E-state index contributed by atoms with van der Waals surface area (Å²) in [6.07, 6.45) is 1.68. The van der Waals surface area contributed by atoms with Gasteiger partial charge in [0, 0.05) is 12.0 Å². The first-order valence-electron chi connectivity index (χ1n) is 5.45. The van der Waals surface area contributed by atoms with Crippen LogP contribution in [0.15, 0.2) is 28.8 Å². The van der Waals surface area contributed by atoms with Gasteiger partial charge in [0.15, 0.2) is 5.82 Å². The van der Waals surface area contributed by atoms with Crippen LogP contribution < -0.4 is 5.73 Å². The molecule has 1 heterocycles. The number of nitrogens with zero attached hydrogens (tertiary/aromatic N) is 2. The minimum Gasteiger partial charge on any atom is -0.334 e. The van der Waals surface area contributed by atoms with Gasteiger partial charge in [0.05, 0.1) is 0 Å². The van der Waals surface area contributed by atoms with Gasteiger partial charge in [0.1, 0.15) is 0 Å². The maximum Gasteiger partial charge on any atom is 0.257 e. The first-order chi connectivity index (χ1) is 7.83. The van der Waals surface area contributed by atoms with Crippen LogP contribution in [-0.4, -0.2) is 16.7 Å². The maximum absolute atomic E-state index is 5.42. The smallest absolute Gasteiger partial charge is 0.257 e. The molecule has 4 heteroatoms. The molecule has 1 aromatic carbocycles. The Morgan fingerprint density at radius 3 is 2.62 bits per heavy atom. The third kappa shape index (κ3) is 2.28. The van der Waals surface area contributed by atoms with Crippen molar-refractivity contribution in [3.63, 3.8) is 0 Å². The Hall–Kier alpha value is -1.68. The molecule has 0 aliphatic rings. The molecule has 0 bridgehead atoms. The Balaban J connectivity index is 2.21. The zero-order valence-electron chi connectivity index (χ0n) is 9.31. The summed E-state index contributed by atoms with van der Waals surface area (Å²) < 4.78 is 5.16. The van der Waals surface area contributed by atoms with Gasteiger partial charge in [-0.1, -0.05) is 24.2 Å². The molecule has 1 aromatic heterocycles. The minimum absolute atomic E-state index is 0.535. The SMILES string of the molecule is CCc1ccc(-c2nc(CCN)no2)cc1. The molecule has 84 valence electrons. The fourth-order valence-electron chi connectivity index (χ4n) is 1.48. The van der Waals surface area contributed by atoms with Crippen molar-refractivity contribution < 1.29 is 4.52 Å². The van der Waals surface area contributed by atoms with Crippen LogP contribution in [0.5, 0.6) is 0 Å². The third-order valence-corrected chi connectivity index (χ3v) is 2.45. The molecule has 0 saturated carbocycles. The van der Waals surface area contributed by atoms with Crippen LogP contribution in [0.2, 0.25) is 0 Å². The predicted octanol–water partition coefficient (Wildman–Crippen LogP) is 1.80. The first kappa shape index (κ1) is 10.8. The first-order valence-corrected chi connectivity index (χ1v) is 5.45. The lowest BCUT2D eigenvalue weighted by atomic mass is 10.1. The largest absolute Gasteiger partial charge is 0.334 e. The lowest BCUT2D eigenvalue weighted by molar-refractivity contribution is 0.422. The van der Waals surface area contributed by atoms with E-state index in [1.165, 1.54) is 5.56 Å². The number of benzene rings is 1. The predicted molar refractivity (Wildman–Crippen MR) is 61.9 cm³/mol. The zero-order chi connectivity index (χ0) is 11.4. The van der Waals surface area contributed by atoms with Gasteiger partial charge in [-0.15, -0.1) is 0 Å². The number of aryl methyl sites for hydroxylation is 1. The molecule has 2 aromatic rings. The average molecular weight is 217 g/mol. The van der Waals surface area contributed by atoms with Crippen LogP contribution in [0.1, 0.15) is 18.3 Å². The number of hydrogen-bond acceptors (Lipinski definition) is 4. The van der Waals surface area contributed by atoms with Crippen molar-refractivity contribution in [3.05, 3.63) is 35.7 Å². The molecular formula is C12H15N3O. The standard InChI is InChI=1S/C12H15N3O/c1-2-9-3-5-10(6-4-9)12-14-11(7-8-13)15-16-12/h3-6H,2,7-8,13H2,1H3. The van der Waals surface area contributed by atoms with Gasteiger partial charge in [0.25, 0.3) is 5.89 Å². The Morgan fingerprint density at radius 1 is 1.25 bits per heavy atom. The topological polar surface area (TPSA) is 64.9 Å². The Bertz CT molecular complexity index is 448. The quantitative estimate of drug-likeness (QED) is 0.848. The van der Waals surface area contributed by atoms with E-state index in [0.717, 1.165) is 12.0 Å². The molecule has 0 fully saturated rings. The van der Waals surface area contributed by atoms with E-state index < -0.39 is 0 Å². The van der Waals surface area contributed by atoms with Crippen LogP contribution in [0.4, 0.5) is 0 Å². The molecule has 16 heavy (non-hydrogen) atoms. The van der Waals surface area contributed by atoms with Crippen molar-refractivity contribution in [1.82, 2.24) is 10.1 Å². The molecule has 0 atom stereocenters. The molecule has 0 unspecified atom stereocenters. The molecule has 4 nitrogen and oxygen atoms in total. The summed E-state index contributed by atoms with van der Waals surface area (Å²) in [5.41, 5.74) is 7.67. The summed E-state index contributed by atoms with van der Waals surface area (Å²) in [6, 6.07) is 8.14. The van der Waals surface area contributed by atoms with E-state index in [1.54, 1.807) is 0 Å². The highest BCUT2D eigenvalue weighted by atomic mass is 16.5. The van der Waals surface area contributed by atoms with Crippen molar-refractivity contribution in [2.24, 2.45) is 5.73 Å². The van der Waals surface area contributed by atoms with Crippen molar-refractivity contribution in [3.8, 4) is 11.5 Å². The van der Waals surface area contributed by atoms with Crippen LogP contribution >= 0.6 is 0 Å².